The molecule has 0 aromatic rings. The Bertz CT molecular complexity index is 180. The zero-order valence-electron chi connectivity index (χ0n) is 8.78. The van der Waals surface area contributed by atoms with E-state index in [9.17, 15) is 10.2 Å². The Morgan fingerprint density at radius 3 is 2.36 bits per heavy atom. The Labute approximate surface area is 85.7 Å². The molecule has 1 heterocycles. The van der Waals surface area contributed by atoms with E-state index in [1.165, 1.54) is 37.3 Å². The monoisotopic (exact) mass is 200 g/mol. The maximum absolute atomic E-state index is 9.91. The number of quaternary nitrogens is 1. The van der Waals surface area contributed by atoms with Gasteiger partial charge in [-0.15, -0.1) is 0 Å². The smallest absolute Gasteiger partial charge is 0.116 e. The van der Waals surface area contributed by atoms with Crippen LogP contribution in [0.2, 0.25) is 0 Å². The lowest BCUT2D eigenvalue weighted by Crippen LogP contribution is -3.18. The Morgan fingerprint density at radius 1 is 0.929 bits per heavy atom. The molecular formula is C11H22NO2+. The Morgan fingerprint density at radius 2 is 1.64 bits per heavy atom. The summed E-state index contributed by atoms with van der Waals surface area (Å²) < 4.78 is 0. The summed E-state index contributed by atoms with van der Waals surface area (Å²) in [6.45, 7) is 2.38. The average molecular weight is 200 g/mol. The number of hydrogen-bond donors (Lipinski definition) is 3. The molecule has 2 fully saturated rings. The third-order valence-corrected chi connectivity index (χ3v) is 3.81. The van der Waals surface area contributed by atoms with E-state index in [1.54, 1.807) is 0 Å². The highest BCUT2D eigenvalue weighted by Gasteiger charge is 2.36. The number of aliphatic hydroxyl groups is 2. The van der Waals surface area contributed by atoms with Crippen LogP contribution in [-0.2, 0) is 0 Å². The van der Waals surface area contributed by atoms with Crippen molar-refractivity contribution in [1.82, 2.24) is 0 Å². The molecule has 1 saturated heterocycles. The number of hydrogen-bond acceptors (Lipinski definition) is 2. The van der Waals surface area contributed by atoms with Gasteiger partial charge in [-0.2, -0.15) is 0 Å². The first-order chi connectivity index (χ1) is 6.77. The first-order valence-corrected chi connectivity index (χ1v) is 5.98. The van der Waals surface area contributed by atoms with Crippen LogP contribution in [0.25, 0.3) is 0 Å². The van der Waals surface area contributed by atoms with Gasteiger partial charge in [-0.25, -0.2) is 0 Å². The second kappa shape index (κ2) is 4.60. The molecule has 3 N–H and O–H groups in total. The molecule has 1 saturated carbocycles. The van der Waals surface area contributed by atoms with E-state index in [4.69, 9.17) is 0 Å². The van der Waals surface area contributed by atoms with Gasteiger partial charge in [0.25, 0.3) is 0 Å². The Balaban J connectivity index is 1.92. The number of nitrogens with one attached hydrogen (secondary N) is 1. The molecule has 14 heavy (non-hydrogen) atoms. The molecule has 82 valence electrons. The van der Waals surface area contributed by atoms with Gasteiger partial charge in [0.1, 0.15) is 12.1 Å². The summed E-state index contributed by atoms with van der Waals surface area (Å²) >= 11 is 0. The molecule has 3 heteroatoms. The van der Waals surface area contributed by atoms with Crippen molar-refractivity contribution >= 4 is 0 Å². The lowest BCUT2D eigenvalue weighted by atomic mass is 9.88. The first-order valence-electron chi connectivity index (χ1n) is 5.98. The fraction of sp³-hybridized carbons (Fsp3) is 1.00. The molecule has 0 amide bonds. The molecule has 0 spiro atoms. The highest BCUT2D eigenvalue weighted by molar-refractivity contribution is 4.79. The molecule has 0 aromatic heterocycles. The molecule has 1 aliphatic heterocycles. The van der Waals surface area contributed by atoms with Crippen molar-refractivity contribution in [3.63, 3.8) is 0 Å². The minimum Gasteiger partial charge on any atom is -0.393 e. The fourth-order valence-electron chi connectivity index (χ4n) is 2.95. The zero-order valence-corrected chi connectivity index (χ0v) is 8.78. The van der Waals surface area contributed by atoms with Gasteiger partial charge in [-0.05, 0) is 32.1 Å². The predicted molar refractivity (Wildman–Crippen MR) is 54.2 cm³/mol. The van der Waals surface area contributed by atoms with Gasteiger partial charge in [0, 0.05) is 6.42 Å². The highest BCUT2D eigenvalue weighted by Crippen LogP contribution is 2.17. The lowest BCUT2D eigenvalue weighted by Gasteiger charge is -2.38. The predicted octanol–water partition coefficient (Wildman–Crippen LogP) is -0.670. The number of aliphatic hydroxyl groups excluding tert-OH is 2. The minimum atomic E-state index is -0.175. The fourth-order valence-corrected chi connectivity index (χ4v) is 2.95. The molecule has 0 aromatic carbocycles. The second-order valence-electron chi connectivity index (χ2n) is 4.86. The van der Waals surface area contributed by atoms with Crippen LogP contribution in [0.1, 0.15) is 38.5 Å². The molecule has 2 rings (SSSR count). The van der Waals surface area contributed by atoms with Crippen LogP contribution < -0.4 is 4.90 Å². The van der Waals surface area contributed by atoms with Crippen molar-refractivity contribution in [2.24, 2.45) is 0 Å². The van der Waals surface area contributed by atoms with Crippen molar-refractivity contribution < 1.29 is 15.1 Å². The van der Waals surface area contributed by atoms with Crippen molar-refractivity contribution in [3.05, 3.63) is 0 Å². The summed E-state index contributed by atoms with van der Waals surface area (Å²) in [5.41, 5.74) is 0. The quantitative estimate of drug-likeness (QED) is 0.526. The molecule has 1 aliphatic carbocycles. The third kappa shape index (κ3) is 2.27. The van der Waals surface area contributed by atoms with Crippen LogP contribution in [0.3, 0.4) is 0 Å². The van der Waals surface area contributed by atoms with Gasteiger partial charge in [0.15, 0.2) is 0 Å². The SMILES string of the molecule is OC1CCC(O)C([NH+]2CCCCC2)C1. The molecule has 0 bridgehead atoms. The second-order valence-corrected chi connectivity index (χ2v) is 4.86. The first kappa shape index (κ1) is 10.4. The number of piperidine rings is 1. The average Bonchev–Trinajstić information content (AvgIpc) is 2.23. The number of rotatable bonds is 1. The van der Waals surface area contributed by atoms with Crippen molar-refractivity contribution in [3.8, 4) is 0 Å². The number of likely N-dealkylation sites (tertiary alicyclic amines) is 1. The summed E-state index contributed by atoms with van der Waals surface area (Å²) in [4.78, 5) is 1.53. The van der Waals surface area contributed by atoms with Gasteiger partial charge in [0.2, 0.25) is 0 Å². The van der Waals surface area contributed by atoms with Gasteiger partial charge in [-0.3, -0.25) is 0 Å². The molecule has 0 radical (unpaired) electrons. The molecule has 2 aliphatic rings. The van der Waals surface area contributed by atoms with Crippen LogP contribution in [0, 0.1) is 0 Å². The highest BCUT2D eigenvalue weighted by atomic mass is 16.3. The van der Waals surface area contributed by atoms with Crippen LogP contribution in [0.4, 0.5) is 0 Å². The summed E-state index contributed by atoms with van der Waals surface area (Å²) in [6.07, 6.45) is 5.94. The maximum atomic E-state index is 9.91. The van der Waals surface area contributed by atoms with Crippen LogP contribution in [0.15, 0.2) is 0 Å². The summed E-state index contributed by atoms with van der Waals surface area (Å²) in [7, 11) is 0. The zero-order chi connectivity index (χ0) is 9.97. The third-order valence-electron chi connectivity index (χ3n) is 3.81. The van der Waals surface area contributed by atoms with E-state index in [-0.39, 0.29) is 12.2 Å². The van der Waals surface area contributed by atoms with Gasteiger partial charge >= 0.3 is 0 Å². The standard InChI is InChI=1S/C11H21NO2/c13-9-4-5-11(14)10(8-9)12-6-2-1-3-7-12/h9-11,13-14H,1-8H2/p+1. The van der Waals surface area contributed by atoms with Gasteiger partial charge in [0.05, 0.1) is 19.2 Å². The van der Waals surface area contributed by atoms with E-state index >= 15 is 0 Å². The van der Waals surface area contributed by atoms with Crippen molar-refractivity contribution in [1.29, 1.82) is 0 Å². The molecular weight excluding hydrogens is 178 g/mol. The minimum absolute atomic E-state index is 0.169. The van der Waals surface area contributed by atoms with Gasteiger partial charge in [-0.1, -0.05) is 0 Å². The summed E-state index contributed by atoms with van der Waals surface area (Å²) in [5, 5.41) is 19.5. The summed E-state index contributed by atoms with van der Waals surface area (Å²) in [6, 6.07) is 0.305. The van der Waals surface area contributed by atoms with Crippen molar-refractivity contribution in [2.45, 2.75) is 56.8 Å². The lowest BCUT2D eigenvalue weighted by molar-refractivity contribution is -0.935. The molecule has 3 atom stereocenters. The summed E-state index contributed by atoms with van der Waals surface area (Å²) in [5.74, 6) is 0. The largest absolute Gasteiger partial charge is 0.393 e. The van der Waals surface area contributed by atoms with E-state index in [2.05, 4.69) is 0 Å². The van der Waals surface area contributed by atoms with E-state index < -0.39 is 0 Å². The Hall–Kier alpha value is -0.120. The molecule has 3 unspecified atom stereocenters. The Kier molecular flexibility index (Phi) is 3.42. The van der Waals surface area contributed by atoms with E-state index in [0.29, 0.717) is 6.04 Å². The molecule has 3 nitrogen and oxygen atoms in total. The van der Waals surface area contributed by atoms with Crippen molar-refractivity contribution in [2.75, 3.05) is 13.1 Å². The van der Waals surface area contributed by atoms with Crippen LogP contribution >= 0.6 is 0 Å². The normalized spacial score (nSPS) is 41.1. The topological polar surface area (TPSA) is 44.9 Å². The van der Waals surface area contributed by atoms with Gasteiger partial charge < -0.3 is 15.1 Å². The van der Waals surface area contributed by atoms with Crippen LogP contribution in [0.5, 0.6) is 0 Å². The van der Waals surface area contributed by atoms with E-state index in [1.807, 2.05) is 0 Å². The maximum Gasteiger partial charge on any atom is 0.116 e. The van der Waals surface area contributed by atoms with Crippen LogP contribution in [-0.4, -0.2) is 41.6 Å². The van der Waals surface area contributed by atoms with E-state index in [0.717, 1.165) is 19.3 Å².